The van der Waals surface area contributed by atoms with Gasteiger partial charge in [0.15, 0.2) is 11.5 Å². The van der Waals surface area contributed by atoms with Crippen LogP contribution in [0.2, 0.25) is 0 Å². The van der Waals surface area contributed by atoms with Crippen molar-refractivity contribution in [3.8, 4) is 17.2 Å². The lowest BCUT2D eigenvalue weighted by Gasteiger charge is -2.29. The number of methoxy groups -OCH3 is 3. The molecule has 0 saturated carbocycles. The fraction of sp³-hybridized carbons (Fsp3) is 0.412. The molecule has 1 aliphatic heterocycles. The second-order valence-corrected chi connectivity index (χ2v) is 5.21. The molecule has 1 atom stereocenters. The Morgan fingerprint density at radius 1 is 1.12 bits per heavy atom. The molecule has 0 saturated heterocycles. The van der Waals surface area contributed by atoms with Gasteiger partial charge in [0, 0.05) is 11.3 Å². The zero-order valence-electron chi connectivity index (χ0n) is 14.9. The van der Waals surface area contributed by atoms with Crippen molar-refractivity contribution < 1.29 is 28.5 Å². The first-order chi connectivity index (χ1) is 12.0. The highest BCUT2D eigenvalue weighted by molar-refractivity contribution is 5.95. The van der Waals surface area contributed by atoms with E-state index >= 15 is 0 Å². The molecule has 0 unspecified atom stereocenters. The molecule has 0 aromatic heterocycles. The maximum Gasteiger partial charge on any atom is 0.338 e. The predicted octanol–water partition coefficient (Wildman–Crippen LogP) is 1.90. The number of nitrogens with one attached hydrogen (secondary N) is 2. The van der Waals surface area contributed by atoms with Gasteiger partial charge < -0.3 is 29.6 Å². The molecule has 136 valence electrons. The molecule has 2 rings (SSSR count). The molecular formula is C17H22N2O6. The van der Waals surface area contributed by atoms with Gasteiger partial charge in [0.25, 0.3) is 0 Å². The number of hydrogen-bond acceptors (Lipinski definition) is 6. The Balaban J connectivity index is 2.63. The van der Waals surface area contributed by atoms with E-state index in [-0.39, 0.29) is 6.61 Å². The van der Waals surface area contributed by atoms with E-state index in [0.717, 1.165) is 0 Å². The number of rotatable bonds is 6. The van der Waals surface area contributed by atoms with Crippen LogP contribution in [-0.2, 0) is 9.53 Å². The first kappa shape index (κ1) is 18.4. The molecule has 8 heteroatoms. The highest BCUT2D eigenvalue weighted by Crippen LogP contribution is 2.44. The standard InChI is InChI=1S/C17H22N2O6/c1-6-25-16(20)12-9(2)18-17(21)19-13(12)10-7-8-11(22-3)15(24-5)14(10)23-4/h7-8,13H,6H2,1-5H3,(H2,18,19,21)/t13-/m0/s1. The minimum absolute atomic E-state index is 0.222. The van der Waals surface area contributed by atoms with Crippen LogP contribution in [0.5, 0.6) is 17.2 Å². The van der Waals surface area contributed by atoms with Crippen molar-refractivity contribution in [2.75, 3.05) is 27.9 Å². The van der Waals surface area contributed by atoms with Crippen molar-refractivity contribution in [2.24, 2.45) is 0 Å². The van der Waals surface area contributed by atoms with Crippen LogP contribution in [0.1, 0.15) is 25.5 Å². The fourth-order valence-corrected chi connectivity index (χ4v) is 2.76. The van der Waals surface area contributed by atoms with Crippen molar-refractivity contribution in [2.45, 2.75) is 19.9 Å². The molecule has 25 heavy (non-hydrogen) atoms. The van der Waals surface area contributed by atoms with E-state index in [1.807, 2.05) is 0 Å². The van der Waals surface area contributed by atoms with E-state index in [1.54, 1.807) is 26.0 Å². The summed E-state index contributed by atoms with van der Waals surface area (Å²) in [5.41, 5.74) is 1.27. The Hall–Kier alpha value is -2.90. The highest BCUT2D eigenvalue weighted by atomic mass is 16.5. The van der Waals surface area contributed by atoms with E-state index < -0.39 is 18.0 Å². The lowest BCUT2D eigenvalue weighted by molar-refractivity contribution is -0.139. The number of carbonyl (C=O) groups is 2. The summed E-state index contributed by atoms with van der Waals surface area (Å²) >= 11 is 0. The number of carbonyl (C=O) groups excluding carboxylic acids is 2. The van der Waals surface area contributed by atoms with Crippen LogP contribution >= 0.6 is 0 Å². The van der Waals surface area contributed by atoms with Crippen LogP contribution in [0.15, 0.2) is 23.4 Å². The molecular weight excluding hydrogens is 328 g/mol. The summed E-state index contributed by atoms with van der Waals surface area (Å²) in [6, 6.07) is 2.22. The third-order valence-electron chi connectivity index (χ3n) is 3.81. The first-order valence-electron chi connectivity index (χ1n) is 7.72. The number of hydrogen-bond donors (Lipinski definition) is 2. The zero-order chi connectivity index (χ0) is 18.6. The SMILES string of the molecule is CCOC(=O)C1=C(C)NC(=O)N[C@H]1c1ccc(OC)c(OC)c1OC. The van der Waals surface area contributed by atoms with E-state index in [9.17, 15) is 9.59 Å². The van der Waals surface area contributed by atoms with Gasteiger partial charge in [0.1, 0.15) is 0 Å². The minimum atomic E-state index is -0.748. The first-order valence-corrected chi connectivity index (χ1v) is 7.72. The Kier molecular flexibility index (Phi) is 5.74. The summed E-state index contributed by atoms with van der Waals surface area (Å²) in [5, 5.41) is 5.32. The fourth-order valence-electron chi connectivity index (χ4n) is 2.76. The molecule has 0 radical (unpaired) electrons. The second kappa shape index (κ2) is 7.78. The predicted molar refractivity (Wildman–Crippen MR) is 89.8 cm³/mol. The molecule has 0 aliphatic carbocycles. The molecule has 1 heterocycles. The Morgan fingerprint density at radius 2 is 1.80 bits per heavy atom. The maximum absolute atomic E-state index is 12.4. The summed E-state index contributed by atoms with van der Waals surface area (Å²) < 4.78 is 21.2. The van der Waals surface area contributed by atoms with E-state index in [1.165, 1.54) is 21.3 Å². The van der Waals surface area contributed by atoms with Crippen LogP contribution in [0.25, 0.3) is 0 Å². The Morgan fingerprint density at radius 3 is 2.36 bits per heavy atom. The van der Waals surface area contributed by atoms with Gasteiger partial charge in [-0.1, -0.05) is 0 Å². The molecule has 1 aromatic rings. The third-order valence-corrected chi connectivity index (χ3v) is 3.81. The van der Waals surface area contributed by atoms with Gasteiger partial charge in [-0.25, -0.2) is 9.59 Å². The van der Waals surface area contributed by atoms with Gasteiger partial charge in [0.2, 0.25) is 5.75 Å². The van der Waals surface area contributed by atoms with Crippen LogP contribution < -0.4 is 24.8 Å². The second-order valence-electron chi connectivity index (χ2n) is 5.21. The zero-order valence-corrected chi connectivity index (χ0v) is 14.9. The van der Waals surface area contributed by atoms with Crippen molar-refractivity contribution in [3.05, 3.63) is 29.0 Å². The summed E-state index contributed by atoms with van der Waals surface area (Å²) in [6.45, 7) is 3.58. The van der Waals surface area contributed by atoms with Crippen molar-refractivity contribution >= 4 is 12.0 Å². The van der Waals surface area contributed by atoms with Crippen LogP contribution in [0.4, 0.5) is 4.79 Å². The Labute approximate surface area is 146 Å². The molecule has 0 fully saturated rings. The van der Waals surface area contributed by atoms with Gasteiger partial charge in [0.05, 0.1) is 39.6 Å². The Bertz CT molecular complexity index is 713. The molecule has 2 amide bonds. The summed E-state index contributed by atoms with van der Waals surface area (Å²) in [6.07, 6.45) is 0. The number of esters is 1. The maximum atomic E-state index is 12.4. The quantitative estimate of drug-likeness (QED) is 0.761. The largest absolute Gasteiger partial charge is 0.493 e. The van der Waals surface area contributed by atoms with Crippen LogP contribution in [0.3, 0.4) is 0 Å². The number of urea groups is 1. The van der Waals surface area contributed by atoms with Gasteiger partial charge in [-0.2, -0.15) is 0 Å². The van der Waals surface area contributed by atoms with Gasteiger partial charge in [-0.3, -0.25) is 0 Å². The monoisotopic (exact) mass is 350 g/mol. The third kappa shape index (κ3) is 3.47. The summed E-state index contributed by atoms with van der Waals surface area (Å²) in [7, 11) is 4.47. The molecule has 0 spiro atoms. The van der Waals surface area contributed by atoms with Gasteiger partial charge in [-0.05, 0) is 26.0 Å². The number of benzene rings is 1. The lowest BCUT2D eigenvalue weighted by atomic mass is 9.94. The van der Waals surface area contributed by atoms with Gasteiger partial charge in [-0.15, -0.1) is 0 Å². The molecule has 0 bridgehead atoms. The molecule has 8 nitrogen and oxygen atoms in total. The molecule has 2 N–H and O–H groups in total. The molecule has 1 aromatic carbocycles. The topological polar surface area (TPSA) is 95.1 Å². The van der Waals surface area contributed by atoms with Gasteiger partial charge >= 0.3 is 12.0 Å². The lowest BCUT2D eigenvalue weighted by Crippen LogP contribution is -2.45. The van der Waals surface area contributed by atoms with Crippen LogP contribution in [-0.4, -0.2) is 39.9 Å². The number of ether oxygens (including phenoxy) is 4. The van der Waals surface area contributed by atoms with Crippen molar-refractivity contribution in [1.29, 1.82) is 0 Å². The molecule has 1 aliphatic rings. The average molecular weight is 350 g/mol. The van der Waals surface area contributed by atoms with E-state index in [4.69, 9.17) is 18.9 Å². The smallest absolute Gasteiger partial charge is 0.338 e. The number of amides is 2. The van der Waals surface area contributed by atoms with Crippen LogP contribution in [0, 0.1) is 0 Å². The summed E-state index contributed by atoms with van der Waals surface area (Å²) in [5.74, 6) is 0.691. The average Bonchev–Trinajstić information content (AvgIpc) is 2.59. The normalized spacial score (nSPS) is 16.7. The van der Waals surface area contributed by atoms with E-state index in [0.29, 0.717) is 34.1 Å². The van der Waals surface area contributed by atoms with Crippen molar-refractivity contribution in [3.63, 3.8) is 0 Å². The van der Waals surface area contributed by atoms with E-state index in [2.05, 4.69) is 10.6 Å². The van der Waals surface area contributed by atoms with Crippen molar-refractivity contribution in [1.82, 2.24) is 10.6 Å². The highest BCUT2D eigenvalue weighted by Gasteiger charge is 2.35. The minimum Gasteiger partial charge on any atom is -0.493 e. The summed E-state index contributed by atoms with van der Waals surface area (Å²) in [4.78, 5) is 24.4. The number of allylic oxidation sites excluding steroid dienone is 1.